The SMILES string of the molecule is COc1ccc(C)cc1N1C(=O)c2cc3ccsc3n2C[C@]1(C)C(=O)NCc1ccc(F)cc1. The number of amides is 2. The first kappa shape index (κ1) is 22.2. The molecule has 6 nitrogen and oxygen atoms in total. The molecule has 2 aromatic carbocycles. The summed E-state index contributed by atoms with van der Waals surface area (Å²) in [6.45, 7) is 4.20. The number of hydrogen-bond donors (Lipinski definition) is 1. The third kappa shape index (κ3) is 3.54. The van der Waals surface area contributed by atoms with Gasteiger partial charge in [0.15, 0.2) is 0 Å². The van der Waals surface area contributed by atoms with Crippen LogP contribution < -0.4 is 15.0 Å². The van der Waals surface area contributed by atoms with Gasteiger partial charge in [0.1, 0.15) is 27.6 Å². The van der Waals surface area contributed by atoms with Crippen LogP contribution in [0.3, 0.4) is 0 Å². The van der Waals surface area contributed by atoms with Crippen LogP contribution in [-0.2, 0) is 17.9 Å². The lowest BCUT2D eigenvalue weighted by Gasteiger charge is -2.44. The lowest BCUT2D eigenvalue weighted by molar-refractivity contribution is -0.126. The summed E-state index contributed by atoms with van der Waals surface area (Å²) >= 11 is 1.54. The molecular weight excluding hydrogens is 453 g/mol. The number of carbonyl (C=O) groups excluding carboxylic acids is 2. The highest BCUT2D eigenvalue weighted by molar-refractivity contribution is 7.16. The molecule has 1 atom stereocenters. The smallest absolute Gasteiger partial charge is 0.276 e. The third-order valence-corrected chi connectivity index (χ3v) is 7.27. The Bertz CT molecular complexity index is 1410. The van der Waals surface area contributed by atoms with E-state index in [9.17, 15) is 14.0 Å². The Kier molecular flexibility index (Phi) is 5.40. The number of hydrogen-bond acceptors (Lipinski definition) is 4. The number of halogens is 1. The standard InChI is InChI=1S/C26H24FN3O3S/c1-16-4-9-22(33-3)20(12-16)30-23(31)21-13-18-10-11-34-24(18)29(21)15-26(30,2)25(32)28-14-17-5-7-19(27)8-6-17/h4-13H,14-15H2,1-3H3,(H,28,32)/t26-/m1/s1. The number of methoxy groups -OCH3 is 1. The van der Waals surface area contributed by atoms with Gasteiger partial charge in [0.2, 0.25) is 5.91 Å². The summed E-state index contributed by atoms with van der Waals surface area (Å²) < 4.78 is 20.8. The molecule has 2 amide bonds. The average Bonchev–Trinajstić information content (AvgIpc) is 3.41. The van der Waals surface area contributed by atoms with Crippen molar-refractivity contribution in [2.75, 3.05) is 12.0 Å². The molecule has 8 heteroatoms. The van der Waals surface area contributed by atoms with Crippen LogP contribution in [0.5, 0.6) is 5.75 Å². The first-order valence-corrected chi connectivity index (χ1v) is 11.8. The minimum absolute atomic E-state index is 0.217. The maximum Gasteiger partial charge on any atom is 0.276 e. The molecule has 174 valence electrons. The molecule has 0 bridgehead atoms. The Morgan fingerprint density at radius 1 is 1.18 bits per heavy atom. The second-order valence-electron chi connectivity index (χ2n) is 8.70. The zero-order valence-electron chi connectivity index (χ0n) is 19.1. The number of anilines is 1. The summed E-state index contributed by atoms with van der Waals surface area (Å²) in [6.07, 6.45) is 0. The van der Waals surface area contributed by atoms with Crippen LogP contribution in [0.4, 0.5) is 10.1 Å². The Labute approximate surface area is 200 Å². The second-order valence-corrected chi connectivity index (χ2v) is 9.59. The first-order valence-electron chi connectivity index (χ1n) is 10.9. The Hall–Kier alpha value is -3.65. The van der Waals surface area contributed by atoms with Gasteiger partial charge >= 0.3 is 0 Å². The van der Waals surface area contributed by atoms with Gasteiger partial charge in [0, 0.05) is 11.9 Å². The van der Waals surface area contributed by atoms with E-state index in [0.29, 0.717) is 17.1 Å². The predicted molar refractivity (Wildman–Crippen MR) is 131 cm³/mol. The maximum absolute atomic E-state index is 13.9. The van der Waals surface area contributed by atoms with E-state index in [-0.39, 0.29) is 30.7 Å². The van der Waals surface area contributed by atoms with E-state index < -0.39 is 5.54 Å². The molecule has 0 saturated carbocycles. The van der Waals surface area contributed by atoms with Gasteiger partial charge in [0.25, 0.3) is 5.91 Å². The highest BCUT2D eigenvalue weighted by Crippen LogP contribution is 2.41. The molecule has 5 rings (SSSR count). The Morgan fingerprint density at radius 3 is 2.68 bits per heavy atom. The molecule has 0 fully saturated rings. The quantitative estimate of drug-likeness (QED) is 0.445. The second kappa shape index (κ2) is 8.29. The van der Waals surface area contributed by atoms with Crippen molar-refractivity contribution in [1.29, 1.82) is 0 Å². The van der Waals surface area contributed by atoms with Crippen molar-refractivity contribution in [2.24, 2.45) is 0 Å². The normalized spacial score (nSPS) is 17.6. The number of aromatic nitrogens is 1. The summed E-state index contributed by atoms with van der Waals surface area (Å²) in [5, 5.41) is 5.91. The minimum atomic E-state index is -1.23. The number of fused-ring (bicyclic) bond motifs is 3. The van der Waals surface area contributed by atoms with Crippen LogP contribution in [0.1, 0.15) is 28.5 Å². The molecule has 0 unspecified atom stereocenters. The molecule has 1 aliphatic rings. The summed E-state index contributed by atoms with van der Waals surface area (Å²) in [7, 11) is 1.55. The predicted octanol–water partition coefficient (Wildman–Crippen LogP) is 4.89. The third-order valence-electron chi connectivity index (χ3n) is 6.31. The van der Waals surface area contributed by atoms with Crippen molar-refractivity contribution >= 4 is 39.1 Å². The van der Waals surface area contributed by atoms with Gasteiger partial charge in [-0.25, -0.2) is 4.39 Å². The van der Waals surface area contributed by atoms with Crippen molar-refractivity contribution in [3.63, 3.8) is 0 Å². The number of carbonyl (C=O) groups is 2. The maximum atomic E-state index is 13.9. The van der Waals surface area contributed by atoms with Gasteiger partial charge in [-0.1, -0.05) is 18.2 Å². The van der Waals surface area contributed by atoms with Crippen LogP contribution >= 0.6 is 11.3 Å². The summed E-state index contributed by atoms with van der Waals surface area (Å²) in [5.41, 5.74) is 1.56. The van der Waals surface area contributed by atoms with E-state index in [1.165, 1.54) is 12.1 Å². The molecule has 3 heterocycles. The van der Waals surface area contributed by atoms with Crippen molar-refractivity contribution in [3.05, 3.63) is 82.6 Å². The van der Waals surface area contributed by atoms with Gasteiger partial charge < -0.3 is 14.6 Å². The highest BCUT2D eigenvalue weighted by atomic mass is 32.1. The molecule has 4 aromatic rings. The number of ether oxygens (including phenoxy) is 1. The van der Waals surface area contributed by atoms with Crippen LogP contribution in [0.25, 0.3) is 10.2 Å². The molecule has 2 aromatic heterocycles. The Morgan fingerprint density at radius 2 is 1.94 bits per heavy atom. The molecule has 1 aliphatic heterocycles. The van der Waals surface area contributed by atoms with Gasteiger partial charge in [-0.2, -0.15) is 0 Å². The lowest BCUT2D eigenvalue weighted by Crippen LogP contribution is -2.64. The zero-order valence-corrected chi connectivity index (χ0v) is 19.9. The van der Waals surface area contributed by atoms with Gasteiger partial charge in [-0.3, -0.25) is 14.5 Å². The van der Waals surface area contributed by atoms with Crippen LogP contribution in [-0.4, -0.2) is 29.0 Å². The summed E-state index contributed by atoms with van der Waals surface area (Å²) in [4.78, 5) is 30.2. The van der Waals surface area contributed by atoms with Crippen LogP contribution in [0.2, 0.25) is 0 Å². The fourth-order valence-electron chi connectivity index (χ4n) is 4.52. The van der Waals surface area contributed by atoms with Crippen molar-refractivity contribution in [1.82, 2.24) is 9.88 Å². The van der Waals surface area contributed by atoms with Crippen molar-refractivity contribution in [3.8, 4) is 5.75 Å². The van der Waals surface area contributed by atoms with Crippen LogP contribution in [0.15, 0.2) is 60.0 Å². The number of thiophene rings is 1. The number of rotatable bonds is 5. The zero-order chi connectivity index (χ0) is 24.0. The molecule has 0 radical (unpaired) electrons. The number of benzene rings is 2. The average molecular weight is 478 g/mol. The van der Waals surface area contributed by atoms with Crippen molar-refractivity contribution < 1.29 is 18.7 Å². The fraction of sp³-hybridized carbons (Fsp3) is 0.231. The van der Waals surface area contributed by atoms with E-state index in [2.05, 4.69) is 5.32 Å². The number of nitrogens with one attached hydrogen (secondary N) is 1. The van der Waals surface area contributed by atoms with E-state index >= 15 is 0 Å². The largest absolute Gasteiger partial charge is 0.495 e. The van der Waals surface area contributed by atoms with Gasteiger partial charge in [0.05, 0.1) is 19.3 Å². The van der Waals surface area contributed by atoms with Crippen LogP contribution in [0, 0.1) is 12.7 Å². The van der Waals surface area contributed by atoms with Gasteiger partial charge in [-0.05, 0) is 66.8 Å². The number of aryl methyl sites for hydroxylation is 1. The summed E-state index contributed by atoms with van der Waals surface area (Å²) in [5.74, 6) is -0.396. The highest BCUT2D eigenvalue weighted by Gasteiger charge is 2.49. The molecule has 0 aliphatic carbocycles. The molecule has 1 N–H and O–H groups in total. The molecular formula is C26H24FN3O3S. The first-order chi connectivity index (χ1) is 16.3. The molecule has 0 spiro atoms. The lowest BCUT2D eigenvalue weighted by atomic mass is 9.93. The Balaban J connectivity index is 1.60. The summed E-state index contributed by atoms with van der Waals surface area (Å²) in [6, 6.07) is 15.4. The molecule has 34 heavy (non-hydrogen) atoms. The molecule has 0 saturated heterocycles. The van der Waals surface area contributed by atoms with E-state index in [0.717, 1.165) is 21.3 Å². The fourth-order valence-corrected chi connectivity index (χ4v) is 5.42. The van der Waals surface area contributed by atoms with Crippen molar-refractivity contribution in [2.45, 2.75) is 32.5 Å². The number of nitrogens with zero attached hydrogens (tertiary/aromatic N) is 2. The topological polar surface area (TPSA) is 63.6 Å². The van der Waals surface area contributed by atoms with E-state index in [1.807, 2.05) is 41.1 Å². The van der Waals surface area contributed by atoms with E-state index in [4.69, 9.17) is 4.74 Å². The van der Waals surface area contributed by atoms with E-state index in [1.54, 1.807) is 48.5 Å². The van der Waals surface area contributed by atoms with Gasteiger partial charge in [-0.15, -0.1) is 11.3 Å². The monoisotopic (exact) mass is 477 g/mol. The minimum Gasteiger partial charge on any atom is -0.495 e.